The summed E-state index contributed by atoms with van der Waals surface area (Å²) < 4.78 is 1.15. The number of hydrogen-bond donors (Lipinski definition) is 0. The molecule has 0 radical (unpaired) electrons. The maximum Gasteiger partial charge on any atom is 0.0498 e. The predicted octanol–water partition coefficient (Wildman–Crippen LogP) is 7.65. The van der Waals surface area contributed by atoms with Gasteiger partial charge >= 0.3 is 0 Å². The van der Waals surface area contributed by atoms with Crippen LogP contribution in [0.25, 0.3) is 21.5 Å². The zero-order chi connectivity index (χ0) is 19.4. The van der Waals surface area contributed by atoms with Gasteiger partial charge in [-0.2, -0.15) is 0 Å². The first-order valence-electron chi connectivity index (χ1n) is 10.0. The van der Waals surface area contributed by atoms with E-state index >= 15 is 0 Å². The summed E-state index contributed by atoms with van der Waals surface area (Å²) in [5, 5.41) is 5.42. The van der Waals surface area contributed by atoms with Crippen molar-refractivity contribution in [2.75, 3.05) is 0 Å². The van der Waals surface area contributed by atoms with E-state index < -0.39 is 0 Å². The van der Waals surface area contributed by atoms with E-state index in [0.29, 0.717) is 0 Å². The molecule has 0 bridgehead atoms. The highest BCUT2D eigenvalue weighted by atomic mass is 79.9. The topological polar surface area (TPSA) is 0 Å². The summed E-state index contributed by atoms with van der Waals surface area (Å²) in [6, 6.07) is 37.9. The van der Waals surface area contributed by atoms with Gasteiger partial charge in [0.15, 0.2) is 0 Å². The summed E-state index contributed by atoms with van der Waals surface area (Å²) in [6.45, 7) is 0. The largest absolute Gasteiger partial charge is 0.0622 e. The van der Waals surface area contributed by atoms with Crippen LogP contribution in [0.15, 0.2) is 108 Å². The third-order valence-electron chi connectivity index (χ3n) is 6.45. The number of rotatable bonds is 2. The summed E-state index contributed by atoms with van der Waals surface area (Å²) in [5.74, 6) is 0. The quantitative estimate of drug-likeness (QED) is 0.250. The van der Waals surface area contributed by atoms with Gasteiger partial charge in [0.25, 0.3) is 0 Å². The van der Waals surface area contributed by atoms with Crippen LogP contribution in [0.1, 0.15) is 22.3 Å². The first-order chi connectivity index (χ1) is 14.3. The van der Waals surface area contributed by atoms with Crippen molar-refractivity contribution in [2.45, 2.75) is 11.8 Å². The lowest BCUT2D eigenvalue weighted by Crippen LogP contribution is -2.34. The lowest BCUT2D eigenvalue weighted by Gasteiger charge is -2.40. The maximum absolute atomic E-state index is 3.76. The Morgan fingerprint density at radius 2 is 1.24 bits per heavy atom. The lowest BCUT2D eigenvalue weighted by molar-refractivity contribution is 0.616. The van der Waals surface area contributed by atoms with Crippen molar-refractivity contribution >= 4 is 37.5 Å². The smallest absolute Gasteiger partial charge is 0.0498 e. The molecule has 6 rings (SSSR count). The van der Waals surface area contributed by atoms with Gasteiger partial charge in [-0.25, -0.2) is 0 Å². The second-order valence-corrected chi connectivity index (χ2v) is 8.86. The molecular formula is C28H19Br. The van der Waals surface area contributed by atoms with Gasteiger partial charge in [0, 0.05) is 9.89 Å². The van der Waals surface area contributed by atoms with E-state index in [2.05, 4.69) is 119 Å². The summed E-state index contributed by atoms with van der Waals surface area (Å²) in [5.41, 5.74) is 5.31. The molecule has 0 atom stereocenters. The lowest BCUT2D eigenvalue weighted by atomic mass is 9.62. The van der Waals surface area contributed by atoms with Gasteiger partial charge in [-0.1, -0.05) is 107 Å². The fraction of sp³-hybridized carbons (Fsp3) is 0.0714. The van der Waals surface area contributed by atoms with Crippen LogP contribution in [0.4, 0.5) is 0 Å². The van der Waals surface area contributed by atoms with Crippen molar-refractivity contribution < 1.29 is 0 Å². The Balaban J connectivity index is 1.84. The Labute approximate surface area is 179 Å². The van der Waals surface area contributed by atoms with Crippen molar-refractivity contribution in [1.82, 2.24) is 0 Å². The Hall–Kier alpha value is -2.90. The molecule has 0 N–H and O–H groups in total. The molecule has 1 aliphatic rings. The van der Waals surface area contributed by atoms with E-state index in [1.165, 1.54) is 43.8 Å². The normalized spacial score (nSPS) is 14.5. The Morgan fingerprint density at radius 1 is 0.586 bits per heavy atom. The van der Waals surface area contributed by atoms with Gasteiger partial charge in [-0.15, -0.1) is 0 Å². The molecule has 0 fully saturated rings. The molecular weight excluding hydrogens is 416 g/mol. The average molecular weight is 435 g/mol. The Bertz CT molecular complexity index is 1330. The molecule has 0 nitrogen and oxygen atoms in total. The molecule has 0 unspecified atom stereocenters. The molecule has 0 aliphatic heterocycles. The molecule has 0 amide bonds. The zero-order valence-electron chi connectivity index (χ0n) is 15.9. The van der Waals surface area contributed by atoms with Crippen molar-refractivity contribution in [3.8, 4) is 0 Å². The Morgan fingerprint density at radius 3 is 1.93 bits per heavy atom. The molecule has 29 heavy (non-hydrogen) atoms. The fourth-order valence-corrected chi connectivity index (χ4v) is 5.82. The highest BCUT2D eigenvalue weighted by Crippen LogP contribution is 2.51. The number of halogens is 1. The van der Waals surface area contributed by atoms with Crippen LogP contribution >= 0.6 is 15.9 Å². The molecule has 0 saturated carbocycles. The fourth-order valence-electron chi connectivity index (χ4n) is 5.29. The maximum atomic E-state index is 3.76. The van der Waals surface area contributed by atoms with E-state index in [4.69, 9.17) is 0 Å². The predicted molar refractivity (Wildman–Crippen MR) is 126 cm³/mol. The second-order valence-electron chi connectivity index (χ2n) is 7.95. The molecule has 5 aromatic carbocycles. The van der Waals surface area contributed by atoms with Crippen LogP contribution in [0.3, 0.4) is 0 Å². The molecule has 0 spiro atoms. The van der Waals surface area contributed by atoms with E-state index in [1.54, 1.807) is 0 Å². The van der Waals surface area contributed by atoms with E-state index in [-0.39, 0.29) is 5.41 Å². The summed E-state index contributed by atoms with van der Waals surface area (Å²) in [7, 11) is 0. The van der Waals surface area contributed by atoms with E-state index in [9.17, 15) is 0 Å². The summed E-state index contributed by atoms with van der Waals surface area (Å²) >= 11 is 3.76. The first-order valence-corrected chi connectivity index (χ1v) is 10.8. The van der Waals surface area contributed by atoms with Crippen LogP contribution in [0, 0.1) is 0 Å². The van der Waals surface area contributed by atoms with Crippen LogP contribution < -0.4 is 0 Å². The second kappa shape index (κ2) is 6.30. The third kappa shape index (κ3) is 2.37. The Kier molecular flexibility index (Phi) is 3.69. The summed E-state index contributed by atoms with van der Waals surface area (Å²) in [4.78, 5) is 0. The summed E-state index contributed by atoms with van der Waals surface area (Å²) in [6.07, 6.45) is 0.951. The molecule has 1 aliphatic carbocycles. The van der Waals surface area contributed by atoms with Gasteiger partial charge < -0.3 is 0 Å². The number of hydrogen-bond acceptors (Lipinski definition) is 0. The molecule has 0 saturated heterocycles. The minimum Gasteiger partial charge on any atom is -0.0622 e. The standard InChI is InChI=1S/C28H19Br/c29-24-16-20-15-14-19-8-7-13-25-27(19)26(20)21(17-24)18-28(25,22-9-3-1-4-10-22)23-11-5-2-6-12-23/h1-17H,18H2. The highest BCUT2D eigenvalue weighted by Gasteiger charge is 2.41. The molecule has 5 aromatic rings. The average Bonchev–Trinajstić information content (AvgIpc) is 2.78. The van der Waals surface area contributed by atoms with Crippen LogP contribution in [-0.4, -0.2) is 0 Å². The van der Waals surface area contributed by atoms with Gasteiger partial charge in [-0.3, -0.25) is 0 Å². The van der Waals surface area contributed by atoms with Gasteiger partial charge in [-0.05, 0) is 62.4 Å². The molecule has 1 heteroatoms. The van der Waals surface area contributed by atoms with Gasteiger partial charge in [0.2, 0.25) is 0 Å². The highest BCUT2D eigenvalue weighted by molar-refractivity contribution is 9.10. The zero-order valence-corrected chi connectivity index (χ0v) is 17.5. The van der Waals surface area contributed by atoms with Crippen molar-refractivity contribution in [3.05, 3.63) is 130 Å². The van der Waals surface area contributed by atoms with Crippen molar-refractivity contribution in [2.24, 2.45) is 0 Å². The monoisotopic (exact) mass is 434 g/mol. The molecule has 0 heterocycles. The van der Waals surface area contributed by atoms with E-state index in [1.807, 2.05) is 0 Å². The SMILES string of the molecule is Brc1cc2c3c(ccc4cccc(c43)C(c3ccccc3)(c3ccccc3)C2)c1. The molecule has 138 valence electrons. The van der Waals surface area contributed by atoms with Crippen LogP contribution in [0.2, 0.25) is 0 Å². The minimum atomic E-state index is -0.204. The van der Waals surface area contributed by atoms with Gasteiger partial charge in [0.1, 0.15) is 0 Å². The van der Waals surface area contributed by atoms with Gasteiger partial charge in [0.05, 0.1) is 0 Å². The van der Waals surface area contributed by atoms with Crippen LogP contribution in [0.5, 0.6) is 0 Å². The molecule has 0 aromatic heterocycles. The number of benzene rings is 5. The van der Waals surface area contributed by atoms with Crippen molar-refractivity contribution in [3.63, 3.8) is 0 Å². The minimum absolute atomic E-state index is 0.204. The first kappa shape index (κ1) is 17.0. The van der Waals surface area contributed by atoms with Crippen LogP contribution in [-0.2, 0) is 11.8 Å². The van der Waals surface area contributed by atoms with E-state index in [0.717, 1.165) is 10.9 Å². The third-order valence-corrected chi connectivity index (χ3v) is 6.91. The van der Waals surface area contributed by atoms with Crippen molar-refractivity contribution in [1.29, 1.82) is 0 Å².